The molecule has 5 nitrogen and oxygen atoms in total. The smallest absolute Gasteiger partial charge is 0.164 e. The molecule has 54 heavy (non-hydrogen) atoms. The molecule has 3 aliphatic rings. The lowest BCUT2D eigenvalue weighted by Gasteiger charge is -2.22. The van der Waals surface area contributed by atoms with Crippen LogP contribution in [0.3, 0.4) is 0 Å². The number of benzene rings is 4. The van der Waals surface area contributed by atoms with Gasteiger partial charge in [-0.3, -0.25) is 0 Å². The summed E-state index contributed by atoms with van der Waals surface area (Å²) in [5.74, 6) is 2.01. The van der Waals surface area contributed by atoms with E-state index in [0.29, 0.717) is 17.5 Å². The molecule has 4 aromatic carbocycles. The van der Waals surface area contributed by atoms with E-state index in [1.807, 2.05) is 30.3 Å². The topological polar surface area (TPSA) is 64.5 Å². The van der Waals surface area contributed by atoms with E-state index in [0.717, 1.165) is 111 Å². The first-order valence-electron chi connectivity index (χ1n) is 18.9. The zero-order valence-electron chi connectivity index (χ0n) is 30.1. The van der Waals surface area contributed by atoms with Crippen molar-refractivity contribution < 1.29 is 0 Å². The fourth-order valence-electron chi connectivity index (χ4n) is 7.34. The molecular formula is C49H39N5. The van der Waals surface area contributed by atoms with Crippen molar-refractivity contribution in [2.75, 3.05) is 0 Å². The molecule has 0 radical (unpaired) electrons. The van der Waals surface area contributed by atoms with Crippen LogP contribution >= 0.6 is 0 Å². The quantitative estimate of drug-likeness (QED) is 0.158. The predicted molar refractivity (Wildman–Crippen MR) is 221 cm³/mol. The maximum Gasteiger partial charge on any atom is 0.164 e. The molecule has 0 saturated heterocycles. The van der Waals surface area contributed by atoms with Crippen molar-refractivity contribution in [3.05, 3.63) is 187 Å². The van der Waals surface area contributed by atoms with Gasteiger partial charge in [0.15, 0.2) is 17.5 Å². The van der Waals surface area contributed by atoms with E-state index >= 15 is 0 Å². The van der Waals surface area contributed by atoms with Crippen LogP contribution in [0.1, 0.15) is 61.3 Å². The Morgan fingerprint density at radius 2 is 0.796 bits per heavy atom. The second-order valence-electron chi connectivity index (χ2n) is 13.7. The first kappa shape index (κ1) is 33.3. The van der Waals surface area contributed by atoms with Crippen LogP contribution in [0.15, 0.2) is 164 Å². The Kier molecular flexibility index (Phi) is 9.35. The molecule has 0 unspecified atom stereocenters. The van der Waals surface area contributed by atoms with Gasteiger partial charge in [0.1, 0.15) is 0 Å². The average Bonchev–Trinajstić information content (AvgIpc) is 3.27. The highest BCUT2D eigenvalue weighted by molar-refractivity contribution is 6.07. The minimum atomic E-state index is 0.652. The number of allylic oxidation sites excluding steroid dienone is 12. The maximum atomic E-state index is 5.59. The van der Waals surface area contributed by atoms with Crippen molar-refractivity contribution >= 4 is 22.3 Å². The van der Waals surface area contributed by atoms with Gasteiger partial charge in [0, 0.05) is 33.4 Å². The number of hydrogen-bond acceptors (Lipinski definition) is 5. The highest BCUT2D eigenvalue weighted by atomic mass is 15.0. The van der Waals surface area contributed by atoms with E-state index in [1.165, 1.54) is 0 Å². The van der Waals surface area contributed by atoms with Gasteiger partial charge in [-0.05, 0) is 61.3 Å². The minimum Gasteiger partial charge on any atom is -0.243 e. The van der Waals surface area contributed by atoms with Gasteiger partial charge >= 0.3 is 0 Å². The van der Waals surface area contributed by atoms with Crippen molar-refractivity contribution in [3.8, 4) is 45.3 Å². The molecule has 0 bridgehead atoms. The van der Waals surface area contributed by atoms with Crippen LogP contribution in [0.4, 0.5) is 0 Å². The molecule has 260 valence electrons. The Bertz CT molecular complexity index is 2520. The van der Waals surface area contributed by atoms with Crippen molar-refractivity contribution in [2.24, 2.45) is 0 Å². The Balaban J connectivity index is 1.19. The Hall–Kier alpha value is -6.59. The highest BCUT2D eigenvalue weighted by Crippen LogP contribution is 2.42. The van der Waals surface area contributed by atoms with Crippen molar-refractivity contribution in [2.45, 2.75) is 38.5 Å². The number of nitrogens with zero attached hydrogens (tertiary/aromatic N) is 5. The first-order valence-corrected chi connectivity index (χ1v) is 18.9. The molecule has 0 N–H and O–H groups in total. The fourth-order valence-corrected chi connectivity index (χ4v) is 7.34. The standard InChI is InChI=1S/C49H39N5/c1-6-19-34(20-7-1)43-44(35-21-8-2-9-22-35)51-46(45(50-43)36-23-10-3-11-24-36)42-32-17-16-31-41(42)39-29-18-30-40(33-39)49-53-47(37-25-12-4-13-26-37)52-48(54-49)38-27-14-5-15-28-38/h1-2,4,6-10,12-14,18-33H,3,5,11,15-17H2. The van der Waals surface area contributed by atoms with Gasteiger partial charge in [-0.25, -0.2) is 24.9 Å². The van der Waals surface area contributed by atoms with E-state index in [9.17, 15) is 0 Å². The average molecular weight is 698 g/mol. The Morgan fingerprint density at radius 1 is 0.315 bits per heavy atom. The second kappa shape index (κ2) is 15.2. The van der Waals surface area contributed by atoms with Crippen LogP contribution < -0.4 is 0 Å². The lowest BCUT2D eigenvalue weighted by molar-refractivity contribution is 1.01. The molecule has 3 aliphatic carbocycles. The molecule has 5 heteroatoms. The van der Waals surface area contributed by atoms with Crippen LogP contribution in [-0.4, -0.2) is 24.9 Å². The van der Waals surface area contributed by atoms with E-state index in [4.69, 9.17) is 24.9 Å². The van der Waals surface area contributed by atoms with Crippen LogP contribution in [-0.2, 0) is 0 Å². The summed E-state index contributed by atoms with van der Waals surface area (Å²) in [7, 11) is 0. The zero-order chi connectivity index (χ0) is 36.1. The fraction of sp³-hybridized carbons (Fsp3) is 0.122. The summed E-state index contributed by atoms with van der Waals surface area (Å²) in [6.07, 6.45) is 23.9. The van der Waals surface area contributed by atoms with Crippen LogP contribution in [0.2, 0.25) is 0 Å². The molecule has 0 saturated carbocycles. The molecule has 0 spiro atoms. The van der Waals surface area contributed by atoms with E-state index in [-0.39, 0.29) is 0 Å². The van der Waals surface area contributed by atoms with Gasteiger partial charge in [0.05, 0.1) is 22.8 Å². The Morgan fingerprint density at radius 3 is 1.41 bits per heavy atom. The molecule has 6 aromatic rings. The molecule has 0 amide bonds. The Labute approximate surface area is 316 Å². The SMILES string of the molecule is C1=CC(c2nc(-c3ccccc3)nc(-c3cccc(C4=CCCC=C4c4nc(-c5ccccc5)c(-c5ccccc5)nc4C4=CCCC=C4)c3)n2)=CCC1. The van der Waals surface area contributed by atoms with E-state index < -0.39 is 0 Å². The molecule has 2 heterocycles. The molecular weight excluding hydrogens is 659 g/mol. The van der Waals surface area contributed by atoms with E-state index in [2.05, 4.69) is 134 Å². The molecule has 9 rings (SSSR count). The van der Waals surface area contributed by atoms with Gasteiger partial charge in [-0.2, -0.15) is 0 Å². The third-order valence-corrected chi connectivity index (χ3v) is 10.0. The minimum absolute atomic E-state index is 0.652. The summed E-state index contributed by atoms with van der Waals surface area (Å²) in [4.78, 5) is 26.2. The summed E-state index contributed by atoms with van der Waals surface area (Å²) in [5.41, 5.74) is 13.0. The van der Waals surface area contributed by atoms with Crippen LogP contribution in [0.25, 0.3) is 67.6 Å². The highest BCUT2D eigenvalue weighted by Gasteiger charge is 2.25. The lowest BCUT2D eigenvalue weighted by atomic mass is 9.86. The van der Waals surface area contributed by atoms with Crippen molar-refractivity contribution in [1.29, 1.82) is 0 Å². The molecule has 2 aromatic heterocycles. The van der Waals surface area contributed by atoms with E-state index in [1.54, 1.807) is 0 Å². The van der Waals surface area contributed by atoms with Gasteiger partial charge in [0.2, 0.25) is 0 Å². The van der Waals surface area contributed by atoms with Gasteiger partial charge in [-0.1, -0.05) is 158 Å². The van der Waals surface area contributed by atoms with Crippen molar-refractivity contribution in [3.63, 3.8) is 0 Å². The summed E-state index contributed by atoms with van der Waals surface area (Å²) in [5, 5.41) is 0. The van der Waals surface area contributed by atoms with Gasteiger partial charge in [-0.15, -0.1) is 0 Å². The normalized spacial score (nSPS) is 15.3. The number of rotatable bonds is 8. The maximum absolute atomic E-state index is 5.59. The van der Waals surface area contributed by atoms with Gasteiger partial charge < -0.3 is 0 Å². The van der Waals surface area contributed by atoms with Crippen molar-refractivity contribution in [1.82, 2.24) is 24.9 Å². The molecule has 0 atom stereocenters. The summed E-state index contributed by atoms with van der Waals surface area (Å²) < 4.78 is 0. The molecule has 0 aliphatic heterocycles. The predicted octanol–water partition coefficient (Wildman–Crippen LogP) is 12.1. The summed E-state index contributed by atoms with van der Waals surface area (Å²) in [6, 6.07) is 39.6. The largest absolute Gasteiger partial charge is 0.243 e. The summed E-state index contributed by atoms with van der Waals surface area (Å²) >= 11 is 0. The van der Waals surface area contributed by atoms with Gasteiger partial charge in [0.25, 0.3) is 0 Å². The summed E-state index contributed by atoms with van der Waals surface area (Å²) in [6.45, 7) is 0. The monoisotopic (exact) mass is 697 g/mol. The number of hydrogen-bond donors (Lipinski definition) is 0. The first-order chi connectivity index (χ1) is 26.8. The number of aromatic nitrogens is 5. The zero-order valence-corrected chi connectivity index (χ0v) is 30.1. The second-order valence-corrected chi connectivity index (χ2v) is 13.7. The molecule has 0 fully saturated rings. The third-order valence-electron chi connectivity index (χ3n) is 10.0. The van der Waals surface area contributed by atoms with Crippen LogP contribution in [0.5, 0.6) is 0 Å². The van der Waals surface area contributed by atoms with Crippen LogP contribution in [0, 0.1) is 0 Å². The lowest BCUT2D eigenvalue weighted by Crippen LogP contribution is -2.08. The third kappa shape index (κ3) is 6.84.